The molecule has 26 nitrogen and oxygen atoms in total. The average molecular weight is 1040 g/mol. The van der Waals surface area contributed by atoms with E-state index in [0.717, 1.165) is 5.56 Å². The van der Waals surface area contributed by atoms with E-state index in [4.69, 9.17) is 27.7 Å². The molecule has 1 aliphatic rings. The maximum Gasteiger partial charge on any atom is 0.327 e. The van der Waals surface area contributed by atoms with Gasteiger partial charge in [-0.3, -0.25) is 43.5 Å². The molecular formula is C48H75N13O13. The lowest BCUT2D eigenvalue weighted by molar-refractivity contribution is -0.146. The van der Waals surface area contributed by atoms with Gasteiger partial charge in [-0.2, -0.15) is 0 Å². The largest absolute Gasteiger partial charge is 0.480 e. The van der Waals surface area contributed by atoms with E-state index in [9.17, 15) is 58.5 Å². The standard InChI is InChI=1S/C48H75N13O13/c1-25(22-26(2)36(74-6)23-30-12-8-7-9-13-30)16-17-31-27(3)39(64)60-34(45(70)71)18-19-37(63)56-35(24-62)44(69)55-29(5)41(66)59-33(15-11-21-54-48(51)52)43(68)61-38(46(72)73)28(4)40(65)58-32(42(67)57-31)14-10-20-53-47(49)50/h7-9,12-13,16-17,22,26-29,31-36,38,62H,10-11,14-15,18-21,23-24H2,1-6H3,(H,55,69)(H,56,63)(H,57,67)(H,58,65)(H,59,66)(H,60,64)(H,61,68)(H,70,71)(H,72,73)(H4,49,50,53)(H4,51,52,54)/b17-16+,25-22+/t26-,27-,28-,29+,31?,32?,33-,34+,35?,36-,38?/m0/s1. The second-order valence-electron chi connectivity index (χ2n) is 18.0. The Morgan fingerprint density at radius 2 is 1.26 bits per heavy atom. The lowest BCUT2D eigenvalue weighted by atomic mass is 9.94. The number of carboxylic acids is 2. The third-order valence-electron chi connectivity index (χ3n) is 12.0. The van der Waals surface area contributed by atoms with E-state index in [0.29, 0.717) is 12.0 Å². The zero-order valence-corrected chi connectivity index (χ0v) is 42.7. The molecule has 0 aromatic heterocycles. The van der Waals surface area contributed by atoms with Gasteiger partial charge in [0, 0.05) is 32.5 Å². The maximum atomic E-state index is 14.4. The van der Waals surface area contributed by atoms with Gasteiger partial charge in [0.15, 0.2) is 11.9 Å². The normalized spacial score (nSPS) is 25.4. The highest BCUT2D eigenvalue weighted by Gasteiger charge is 2.37. The van der Waals surface area contributed by atoms with Gasteiger partial charge in [-0.15, -0.1) is 0 Å². The number of carboxylic acid groups (broad SMARTS) is 2. The third-order valence-corrected chi connectivity index (χ3v) is 12.0. The van der Waals surface area contributed by atoms with Crippen molar-refractivity contribution in [3.63, 3.8) is 0 Å². The van der Waals surface area contributed by atoms with Crippen molar-refractivity contribution in [1.82, 2.24) is 37.2 Å². The first-order valence-electron chi connectivity index (χ1n) is 24.1. The Balaban J connectivity index is 2.73. The molecule has 7 amide bonds. The minimum absolute atomic E-state index is 0.00372. The number of ether oxygens (including phenoxy) is 1. The lowest BCUT2D eigenvalue weighted by Crippen LogP contribution is -2.59. The molecule has 1 fully saturated rings. The molecule has 0 bridgehead atoms. The monoisotopic (exact) mass is 1040 g/mol. The molecule has 1 aromatic carbocycles. The molecule has 0 radical (unpaired) electrons. The SMILES string of the molecule is CO[C@@H](Cc1ccccc1)[C@@H](C)/C=C(C)/C=C/C1NC(=O)C(CCCN=C(N)N)NC(=O)[C@@H](C)C(C(=O)O)NC(=O)[C@H](CCCN=C(N)N)NC(=O)[C@@H](C)NC(=O)C(CO)NC(=O)CC[C@H](C(=O)O)NC(=O)[C@H]1C. The average Bonchev–Trinajstić information content (AvgIpc) is 3.34. The van der Waals surface area contributed by atoms with E-state index in [-0.39, 0.29) is 62.7 Å². The molecule has 1 heterocycles. The minimum Gasteiger partial charge on any atom is -0.480 e. The number of methoxy groups -OCH3 is 1. The third kappa shape index (κ3) is 22.0. The number of nitrogens with two attached hydrogens (primary N) is 4. The second kappa shape index (κ2) is 31.8. The summed E-state index contributed by atoms with van der Waals surface area (Å²) in [6.45, 7) is 6.54. The molecule has 0 spiro atoms. The Morgan fingerprint density at radius 3 is 1.78 bits per heavy atom. The summed E-state index contributed by atoms with van der Waals surface area (Å²) in [5, 5.41) is 47.4. The molecule has 1 aliphatic heterocycles. The predicted octanol–water partition coefficient (Wildman–Crippen LogP) is -2.87. The number of hydrogen-bond donors (Lipinski definition) is 14. The van der Waals surface area contributed by atoms with Gasteiger partial charge in [-0.1, -0.05) is 74.9 Å². The second-order valence-corrected chi connectivity index (χ2v) is 18.0. The fourth-order valence-electron chi connectivity index (χ4n) is 7.56. The van der Waals surface area contributed by atoms with E-state index in [1.54, 1.807) is 20.1 Å². The molecule has 74 heavy (non-hydrogen) atoms. The first kappa shape index (κ1) is 62.5. The number of nitrogens with one attached hydrogen (secondary N) is 7. The Labute approximate surface area is 429 Å². The van der Waals surface area contributed by atoms with Crippen molar-refractivity contribution in [3.05, 3.63) is 59.7 Å². The van der Waals surface area contributed by atoms with E-state index < -0.39 is 127 Å². The molecule has 1 aromatic rings. The van der Waals surface area contributed by atoms with Crippen LogP contribution in [0, 0.1) is 17.8 Å². The fourth-order valence-corrected chi connectivity index (χ4v) is 7.56. The van der Waals surface area contributed by atoms with Crippen molar-refractivity contribution in [2.45, 2.75) is 128 Å². The Morgan fingerprint density at radius 1 is 0.716 bits per heavy atom. The number of hydrogen-bond acceptors (Lipinski definition) is 13. The molecular weight excluding hydrogens is 967 g/mol. The van der Waals surface area contributed by atoms with Crippen LogP contribution in [-0.2, 0) is 54.3 Å². The van der Waals surface area contributed by atoms with Crippen LogP contribution >= 0.6 is 0 Å². The number of guanidine groups is 2. The van der Waals surface area contributed by atoms with Gasteiger partial charge in [-0.05, 0) is 57.9 Å². The van der Waals surface area contributed by atoms with Gasteiger partial charge in [0.1, 0.15) is 36.3 Å². The van der Waals surface area contributed by atoms with E-state index >= 15 is 0 Å². The zero-order chi connectivity index (χ0) is 55.7. The highest BCUT2D eigenvalue weighted by atomic mass is 16.5. The van der Waals surface area contributed by atoms with E-state index in [1.165, 1.54) is 26.8 Å². The lowest BCUT2D eigenvalue weighted by Gasteiger charge is -2.28. The molecule has 18 N–H and O–H groups in total. The highest BCUT2D eigenvalue weighted by molar-refractivity contribution is 5.97. The molecule has 11 atom stereocenters. The molecule has 4 unspecified atom stereocenters. The van der Waals surface area contributed by atoms with Gasteiger partial charge in [0.05, 0.1) is 30.6 Å². The number of carbonyl (C=O) groups excluding carboxylic acids is 7. The summed E-state index contributed by atoms with van der Waals surface area (Å²) in [4.78, 5) is 129. The molecule has 410 valence electrons. The van der Waals surface area contributed by atoms with Crippen molar-refractivity contribution >= 4 is 65.2 Å². The molecule has 0 aliphatic carbocycles. The van der Waals surface area contributed by atoms with Gasteiger partial charge >= 0.3 is 11.9 Å². The number of carbonyl (C=O) groups is 9. The minimum atomic E-state index is -1.96. The Bertz CT molecular complexity index is 2220. The number of benzene rings is 1. The van der Waals surface area contributed by atoms with Crippen LogP contribution < -0.4 is 60.2 Å². The van der Waals surface area contributed by atoms with E-state index in [1.807, 2.05) is 43.3 Å². The van der Waals surface area contributed by atoms with E-state index in [2.05, 4.69) is 47.2 Å². The number of amides is 7. The molecule has 2 rings (SSSR count). The van der Waals surface area contributed by atoms with Gasteiger partial charge in [0.25, 0.3) is 0 Å². The van der Waals surface area contributed by atoms with Crippen molar-refractivity contribution < 1.29 is 63.2 Å². The van der Waals surface area contributed by atoms with Gasteiger partial charge in [0.2, 0.25) is 41.4 Å². The summed E-state index contributed by atoms with van der Waals surface area (Å²) in [5.74, 6) is -13.5. The number of aliphatic hydroxyl groups excluding tert-OH is 1. The van der Waals surface area contributed by atoms with Crippen molar-refractivity contribution in [2.75, 3.05) is 26.8 Å². The van der Waals surface area contributed by atoms with Crippen molar-refractivity contribution in [2.24, 2.45) is 50.7 Å². The smallest absolute Gasteiger partial charge is 0.327 e. The van der Waals surface area contributed by atoms with Crippen LogP contribution in [0.1, 0.15) is 78.7 Å². The fraction of sp³-hybridized carbons (Fsp3) is 0.562. The number of allylic oxidation sites excluding steroid dienone is 2. The summed E-state index contributed by atoms with van der Waals surface area (Å²) in [6, 6.07) is -1.20. The summed E-state index contributed by atoms with van der Waals surface area (Å²) in [6.07, 6.45) is 4.17. The van der Waals surface area contributed by atoms with Gasteiger partial charge < -0.3 is 80.2 Å². The maximum absolute atomic E-state index is 14.4. The van der Waals surface area contributed by atoms with Crippen molar-refractivity contribution in [1.29, 1.82) is 0 Å². The quantitative estimate of drug-likeness (QED) is 0.0304. The van der Waals surface area contributed by atoms with Crippen molar-refractivity contribution in [3.8, 4) is 0 Å². The molecule has 26 heteroatoms. The Hall–Kier alpha value is -7.61. The summed E-state index contributed by atoms with van der Waals surface area (Å²) in [7, 11) is 1.60. The topological polar surface area (TPSA) is 437 Å². The first-order chi connectivity index (χ1) is 34.9. The number of aliphatic carboxylic acids is 2. The Kier molecular flexibility index (Phi) is 26.8. The van der Waals surface area contributed by atoms with Crippen LogP contribution in [0.5, 0.6) is 0 Å². The summed E-state index contributed by atoms with van der Waals surface area (Å²) >= 11 is 0. The van der Waals surface area contributed by atoms with Crippen LogP contribution in [0.3, 0.4) is 0 Å². The van der Waals surface area contributed by atoms with Crippen LogP contribution in [-0.4, -0.2) is 156 Å². The number of rotatable bonds is 18. The number of nitrogens with zero attached hydrogens (tertiary/aromatic N) is 2. The van der Waals surface area contributed by atoms with Crippen LogP contribution in [0.15, 0.2) is 64.1 Å². The predicted molar refractivity (Wildman–Crippen MR) is 272 cm³/mol. The van der Waals surface area contributed by atoms with Gasteiger partial charge in [-0.25, -0.2) is 9.59 Å². The summed E-state index contributed by atoms with van der Waals surface area (Å²) < 4.78 is 5.80. The molecule has 1 saturated heterocycles. The summed E-state index contributed by atoms with van der Waals surface area (Å²) in [5.41, 5.74) is 23.6. The van der Waals surface area contributed by atoms with Crippen LogP contribution in [0.25, 0.3) is 0 Å². The zero-order valence-electron chi connectivity index (χ0n) is 42.7. The molecule has 0 saturated carbocycles. The number of aliphatic imine (C=N–C) groups is 2. The first-order valence-corrected chi connectivity index (χ1v) is 24.1. The van der Waals surface area contributed by atoms with Crippen LogP contribution in [0.2, 0.25) is 0 Å². The van der Waals surface area contributed by atoms with Crippen LogP contribution in [0.4, 0.5) is 0 Å². The number of aliphatic hydroxyl groups is 1. The highest BCUT2D eigenvalue weighted by Crippen LogP contribution is 2.18.